The van der Waals surface area contributed by atoms with Crippen LogP contribution in [0.2, 0.25) is 0 Å². The molecule has 5 aromatic rings. The number of anilines is 2. The van der Waals surface area contributed by atoms with Gasteiger partial charge in [-0.2, -0.15) is 5.10 Å². The second-order valence-corrected chi connectivity index (χ2v) is 9.05. The zero-order valence-electron chi connectivity index (χ0n) is 19.6. The summed E-state index contributed by atoms with van der Waals surface area (Å²) in [6.07, 6.45) is 11.5. The highest BCUT2D eigenvalue weighted by Gasteiger charge is 2.18. The lowest BCUT2D eigenvalue weighted by atomic mass is 10.0. The molecule has 0 aliphatic carbocycles. The van der Waals surface area contributed by atoms with Gasteiger partial charge in [0.2, 0.25) is 5.91 Å². The van der Waals surface area contributed by atoms with E-state index < -0.39 is 0 Å². The zero-order valence-corrected chi connectivity index (χ0v) is 19.6. The number of carbonyl (C=O) groups is 1. The number of piperidine rings is 1. The first-order chi connectivity index (χ1) is 17.2. The topological polar surface area (TPSA) is 103 Å². The van der Waals surface area contributed by atoms with Gasteiger partial charge in [-0.25, -0.2) is 0 Å². The molecule has 1 amide bonds. The minimum atomic E-state index is -0.0336. The number of rotatable bonds is 5. The van der Waals surface area contributed by atoms with Crippen molar-refractivity contribution >= 4 is 39.1 Å². The molecule has 0 unspecified atom stereocenters. The van der Waals surface area contributed by atoms with Gasteiger partial charge in [-0.15, -0.1) is 0 Å². The van der Waals surface area contributed by atoms with Crippen molar-refractivity contribution in [2.75, 3.05) is 23.3 Å². The van der Waals surface area contributed by atoms with E-state index in [1.54, 1.807) is 6.20 Å². The van der Waals surface area contributed by atoms with Gasteiger partial charge >= 0.3 is 0 Å². The summed E-state index contributed by atoms with van der Waals surface area (Å²) in [5.74, 6) is -0.0336. The Bertz CT molecular complexity index is 1530. The predicted molar refractivity (Wildman–Crippen MR) is 139 cm³/mol. The molecule has 8 heteroatoms. The number of amides is 1. The molecule has 5 heterocycles. The summed E-state index contributed by atoms with van der Waals surface area (Å²) in [5, 5.41) is 12.9. The lowest BCUT2D eigenvalue weighted by Crippen LogP contribution is -2.29. The Labute approximate surface area is 202 Å². The van der Waals surface area contributed by atoms with Crippen LogP contribution in [-0.2, 0) is 4.79 Å². The fourth-order valence-corrected chi connectivity index (χ4v) is 4.87. The number of H-pyrrole nitrogens is 2. The van der Waals surface area contributed by atoms with Crippen molar-refractivity contribution in [3.05, 3.63) is 55.1 Å². The molecule has 6 rings (SSSR count). The van der Waals surface area contributed by atoms with Crippen molar-refractivity contribution in [2.45, 2.75) is 32.6 Å². The highest BCUT2D eigenvalue weighted by molar-refractivity contribution is 6.00. The Morgan fingerprint density at radius 3 is 2.66 bits per heavy atom. The summed E-state index contributed by atoms with van der Waals surface area (Å²) in [4.78, 5) is 26.6. The van der Waals surface area contributed by atoms with E-state index >= 15 is 0 Å². The Balaban J connectivity index is 1.39. The summed E-state index contributed by atoms with van der Waals surface area (Å²) in [7, 11) is 0. The van der Waals surface area contributed by atoms with E-state index in [2.05, 4.69) is 47.5 Å². The lowest BCUT2D eigenvalue weighted by Gasteiger charge is -2.28. The first-order valence-electron chi connectivity index (χ1n) is 12.1. The maximum absolute atomic E-state index is 11.8. The number of nitrogens with one attached hydrogen (secondary N) is 3. The summed E-state index contributed by atoms with van der Waals surface area (Å²) >= 11 is 0. The second kappa shape index (κ2) is 8.87. The van der Waals surface area contributed by atoms with Crippen LogP contribution in [0.15, 0.2) is 55.1 Å². The Hall–Kier alpha value is -4.20. The molecule has 0 bridgehead atoms. The van der Waals surface area contributed by atoms with Gasteiger partial charge in [0.25, 0.3) is 0 Å². The first-order valence-corrected chi connectivity index (χ1v) is 12.1. The molecule has 3 N–H and O–H groups in total. The van der Waals surface area contributed by atoms with Crippen molar-refractivity contribution in [1.29, 1.82) is 0 Å². The maximum Gasteiger partial charge on any atom is 0.224 e. The van der Waals surface area contributed by atoms with Crippen LogP contribution < -0.4 is 10.2 Å². The maximum atomic E-state index is 11.8. The van der Waals surface area contributed by atoms with Gasteiger partial charge in [-0.1, -0.05) is 13.0 Å². The number of pyridine rings is 2. The summed E-state index contributed by atoms with van der Waals surface area (Å²) < 4.78 is 0. The van der Waals surface area contributed by atoms with E-state index in [4.69, 9.17) is 0 Å². The van der Waals surface area contributed by atoms with E-state index in [9.17, 15) is 4.79 Å². The average Bonchev–Trinajstić information content (AvgIpc) is 3.53. The third-order valence-electron chi connectivity index (χ3n) is 6.72. The molecule has 0 spiro atoms. The number of hydrogen-bond acceptors (Lipinski definition) is 5. The van der Waals surface area contributed by atoms with Crippen molar-refractivity contribution in [1.82, 2.24) is 25.1 Å². The predicted octanol–water partition coefficient (Wildman–Crippen LogP) is 5.51. The van der Waals surface area contributed by atoms with Crippen LogP contribution in [0.4, 0.5) is 11.4 Å². The van der Waals surface area contributed by atoms with Gasteiger partial charge < -0.3 is 15.2 Å². The van der Waals surface area contributed by atoms with Crippen molar-refractivity contribution in [2.24, 2.45) is 0 Å². The number of aromatic nitrogens is 5. The molecule has 1 fully saturated rings. The largest absolute Gasteiger partial charge is 0.370 e. The van der Waals surface area contributed by atoms with Gasteiger partial charge in [0.05, 0.1) is 46.7 Å². The summed E-state index contributed by atoms with van der Waals surface area (Å²) in [5.41, 5.74) is 7.60. The molecule has 0 saturated carbocycles. The van der Waals surface area contributed by atoms with Crippen LogP contribution in [0.25, 0.3) is 44.3 Å². The monoisotopic (exact) mass is 465 g/mol. The van der Waals surface area contributed by atoms with Gasteiger partial charge in [-0.05, 0) is 49.1 Å². The van der Waals surface area contributed by atoms with Crippen molar-refractivity contribution in [3.63, 3.8) is 0 Å². The SMILES string of the molecule is CCC(=O)Nc1cncc(-c2ccc3[nH]nc(-c4cc5c(N6CCCCC6)cncc5[nH]4)c3c2)c1. The fraction of sp³-hybridized carbons (Fsp3) is 0.259. The van der Waals surface area contributed by atoms with Crippen molar-refractivity contribution < 1.29 is 4.79 Å². The van der Waals surface area contributed by atoms with Crippen LogP contribution in [0.1, 0.15) is 32.6 Å². The third-order valence-corrected chi connectivity index (χ3v) is 6.72. The molecule has 4 aromatic heterocycles. The minimum Gasteiger partial charge on any atom is -0.370 e. The molecule has 0 atom stereocenters. The highest BCUT2D eigenvalue weighted by atomic mass is 16.1. The van der Waals surface area contributed by atoms with E-state index in [-0.39, 0.29) is 5.91 Å². The fourth-order valence-electron chi connectivity index (χ4n) is 4.87. The van der Waals surface area contributed by atoms with E-state index in [0.29, 0.717) is 12.1 Å². The molecule has 8 nitrogen and oxygen atoms in total. The van der Waals surface area contributed by atoms with Crippen LogP contribution in [0, 0.1) is 0 Å². The summed E-state index contributed by atoms with van der Waals surface area (Å²) in [6, 6.07) is 10.3. The Kier molecular flexibility index (Phi) is 5.41. The number of fused-ring (bicyclic) bond motifs is 2. The Morgan fingerprint density at radius 1 is 0.943 bits per heavy atom. The second-order valence-electron chi connectivity index (χ2n) is 9.05. The molecular weight excluding hydrogens is 438 g/mol. The molecule has 35 heavy (non-hydrogen) atoms. The third kappa shape index (κ3) is 4.01. The van der Waals surface area contributed by atoms with Crippen LogP contribution in [-0.4, -0.2) is 44.1 Å². The first kappa shape index (κ1) is 21.3. The molecule has 1 saturated heterocycles. The molecule has 0 radical (unpaired) electrons. The van der Waals surface area contributed by atoms with Crippen LogP contribution in [0.5, 0.6) is 0 Å². The number of nitrogens with zero attached hydrogens (tertiary/aromatic N) is 4. The molecule has 1 aromatic carbocycles. The highest BCUT2D eigenvalue weighted by Crippen LogP contribution is 2.35. The normalized spacial score (nSPS) is 14.0. The number of hydrogen-bond donors (Lipinski definition) is 3. The number of aromatic amines is 2. The number of carbonyl (C=O) groups excluding carboxylic acids is 1. The molecular formula is C27H27N7O. The summed E-state index contributed by atoms with van der Waals surface area (Å²) in [6.45, 7) is 3.97. The molecule has 1 aliphatic rings. The van der Waals surface area contributed by atoms with E-state index in [0.717, 1.165) is 52.0 Å². The molecule has 176 valence electrons. The average molecular weight is 466 g/mol. The Morgan fingerprint density at radius 2 is 1.80 bits per heavy atom. The van der Waals surface area contributed by atoms with Gasteiger partial charge in [0.15, 0.2) is 0 Å². The number of benzene rings is 1. The van der Waals surface area contributed by atoms with Crippen LogP contribution in [0.3, 0.4) is 0 Å². The van der Waals surface area contributed by atoms with Gasteiger partial charge in [0, 0.05) is 42.0 Å². The standard InChI is InChI=1S/C27H27N7O/c1-2-26(35)30-19-10-18(13-28-14-19)17-6-7-22-21(11-17)27(33-32-22)23-12-20-24(31-23)15-29-16-25(20)34-8-4-3-5-9-34/h6-7,10-16,31H,2-5,8-9H2,1H3,(H,30,35)(H,32,33). The van der Waals surface area contributed by atoms with E-state index in [1.807, 2.05) is 43.7 Å². The minimum absolute atomic E-state index is 0.0336. The van der Waals surface area contributed by atoms with Crippen molar-refractivity contribution in [3.8, 4) is 22.5 Å². The lowest BCUT2D eigenvalue weighted by molar-refractivity contribution is -0.115. The van der Waals surface area contributed by atoms with Gasteiger partial charge in [0.1, 0.15) is 5.69 Å². The molecule has 1 aliphatic heterocycles. The smallest absolute Gasteiger partial charge is 0.224 e. The van der Waals surface area contributed by atoms with Crippen LogP contribution >= 0.6 is 0 Å². The van der Waals surface area contributed by atoms with Gasteiger partial charge in [-0.3, -0.25) is 19.9 Å². The zero-order chi connectivity index (χ0) is 23.8. The van der Waals surface area contributed by atoms with E-state index in [1.165, 1.54) is 30.3 Å². The quantitative estimate of drug-likeness (QED) is 0.318.